The average Bonchev–Trinajstić information content (AvgIpc) is 2.18. The molecule has 0 amide bonds. The summed E-state index contributed by atoms with van der Waals surface area (Å²) in [4.78, 5) is 21.5. The molecule has 0 saturated carbocycles. The van der Waals surface area contributed by atoms with E-state index in [4.69, 9.17) is 15.9 Å². The third kappa shape index (κ3) is 3.14. The van der Waals surface area contributed by atoms with E-state index in [1.807, 2.05) is 0 Å². The third-order valence-corrected chi connectivity index (χ3v) is 1.62. The molecule has 0 heterocycles. The van der Waals surface area contributed by atoms with E-state index in [-0.39, 0.29) is 5.75 Å². The fourth-order valence-electron chi connectivity index (χ4n) is 1.10. The molecular formula is C12H10O4. The summed E-state index contributed by atoms with van der Waals surface area (Å²) in [7, 11) is 0. The van der Waals surface area contributed by atoms with Gasteiger partial charge in [0.2, 0.25) is 0 Å². The SMILES string of the molecule is C#Cc1cc(OC(C)=O)ccc1OC(C)=O. The Morgan fingerprint density at radius 3 is 2.31 bits per heavy atom. The van der Waals surface area contributed by atoms with E-state index < -0.39 is 11.9 Å². The summed E-state index contributed by atoms with van der Waals surface area (Å²) in [5.41, 5.74) is 0.356. The second kappa shape index (κ2) is 4.99. The number of benzene rings is 1. The van der Waals surface area contributed by atoms with Crippen molar-refractivity contribution < 1.29 is 19.1 Å². The zero-order chi connectivity index (χ0) is 12.1. The van der Waals surface area contributed by atoms with Crippen LogP contribution in [0.1, 0.15) is 19.4 Å². The lowest BCUT2D eigenvalue weighted by molar-refractivity contribution is -0.133. The Bertz CT molecular complexity index is 468. The molecule has 0 spiro atoms. The van der Waals surface area contributed by atoms with Crippen LogP contribution in [-0.4, -0.2) is 11.9 Å². The summed E-state index contributed by atoms with van der Waals surface area (Å²) >= 11 is 0. The highest BCUT2D eigenvalue weighted by Crippen LogP contribution is 2.23. The maximum absolute atomic E-state index is 10.8. The molecule has 0 aliphatic heterocycles. The average molecular weight is 218 g/mol. The quantitative estimate of drug-likeness (QED) is 0.429. The van der Waals surface area contributed by atoms with Crippen molar-refractivity contribution in [1.82, 2.24) is 0 Å². The summed E-state index contributed by atoms with van der Waals surface area (Å²) in [6.07, 6.45) is 5.24. The van der Waals surface area contributed by atoms with Gasteiger partial charge in [0.25, 0.3) is 0 Å². The van der Waals surface area contributed by atoms with Gasteiger partial charge in [-0.3, -0.25) is 9.59 Å². The molecule has 0 N–H and O–H groups in total. The number of carbonyl (C=O) groups excluding carboxylic acids is 2. The van der Waals surface area contributed by atoms with Crippen molar-refractivity contribution in [2.24, 2.45) is 0 Å². The topological polar surface area (TPSA) is 52.6 Å². The molecule has 0 fully saturated rings. The lowest BCUT2D eigenvalue weighted by atomic mass is 10.2. The van der Waals surface area contributed by atoms with Crippen LogP contribution in [0.3, 0.4) is 0 Å². The van der Waals surface area contributed by atoms with Crippen molar-refractivity contribution >= 4 is 11.9 Å². The maximum atomic E-state index is 10.8. The Labute approximate surface area is 93.2 Å². The standard InChI is InChI=1S/C12H10O4/c1-4-10-7-11(15-8(2)13)5-6-12(10)16-9(3)14/h1,5-7H,2-3H3. The molecule has 0 aliphatic rings. The number of hydrogen-bond donors (Lipinski definition) is 0. The van der Waals surface area contributed by atoms with Crippen LogP contribution in [0.15, 0.2) is 18.2 Å². The van der Waals surface area contributed by atoms with Crippen LogP contribution in [0.2, 0.25) is 0 Å². The first-order valence-corrected chi connectivity index (χ1v) is 4.50. The molecule has 4 nitrogen and oxygen atoms in total. The number of rotatable bonds is 2. The number of terminal acetylenes is 1. The zero-order valence-electron chi connectivity index (χ0n) is 8.94. The fraction of sp³-hybridized carbons (Fsp3) is 0.167. The lowest BCUT2D eigenvalue weighted by Gasteiger charge is -2.06. The van der Waals surface area contributed by atoms with E-state index in [0.29, 0.717) is 11.3 Å². The second-order valence-electron chi connectivity index (χ2n) is 2.99. The van der Waals surface area contributed by atoms with Crippen LogP contribution in [0.25, 0.3) is 0 Å². The van der Waals surface area contributed by atoms with Crippen molar-refractivity contribution in [3.63, 3.8) is 0 Å². The smallest absolute Gasteiger partial charge is 0.308 e. The first-order chi connectivity index (χ1) is 7.52. The van der Waals surface area contributed by atoms with Crippen LogP contribution < -0.4 is 9.47 Å². The molecule has 1 rings (SSSR count). The molecule has 1 aromatic rings. The van der Waals surface area contributed by atoms with E-state index >= 15 is 0 Å². The zero-order valence-corrected chi connectivity index (χ0v) is 8.94. The van der Waals surface area contributed by atoms with E-state index in [9.17, 15) is 9.59 Å². The van der Waals surface area contributed by atoms with E-state index in [1.165, 1.54) is 32.0 Å². The van der Waals surface area contributed by atoms with Crippen molar-refractivity contribution in [3.05, 3.63) is 23.8 Å². The van der Waals surface area contributed by atoms with Crippen LogP contribution >= 0.6 is 0 Å². The minimum atomic E-state index is -0.461. The van der Waals surface area contributed by atoms with Crippen molar-refractivity contribution in [2.75, 3.05) is 0 Å². The molecule has 0 bridgehead atoms. The lowest BCUT2D eigenvalue weighted by Crippen LogP contribution is -2.05. The number of carbonyl (C=O) groups is 2. The maximum Gasteiger partial charge on any atom is 0.308 e. The predicted octanol–water partition coefficient (Wildman–Crippen LogP) is 1.52. The third-order valence-electron chi connectivity index (χ3n) is 1.62. The van der Waals surface area contributed by atoms with Gasteiger partial charge in [-0.15, -0.1) is 6.42 Å². The van der Waals surface area contributed by atoms with Gasteiger partial charge in [-0.05, 0) is 12.1 Å². The van der Waals surface area contributed by atoms with Crippen LogP contribution in [0.4, 0.5) is 0 Å². The Morgan fingerprint density at radius 1 is 1.19 bits per heavy atom. The van der Waals surface area contributed by atoms with Gasteiger partial charge in [0.15, 0.2) is 0 Å². The van der Waals surface area contributed by atoms with E-state index in [2.05, 4.69) is 5.92 Å². The molecule has 0 atom stereocenters. The molecule has 82 valence electrons. The molecule has 1 aromatic carbocycles. The Morgan fingerprint density at radius 2 is 1.81 bits per heavy atom. The number of esters is 2. The number of ether oxygens (including phenoxy) is 2. The van der Waals surface area contributed by atoms with E-state index in [1.54, 1.807) is 0 Å². The highest BCUT2D eigenvalue weighted by atomic mass is 16.5. The van der Waals surface area contributed by atoms with Gasteiger partial charge >= 0.3 is 11.9 Å². The van der Waals surface area contributed by atoms with Crippen LogP contribution in [0, 0.1) is 12.3 Å². The molecule has 4 heteroatoms. The first kappa shape index (κ1) is 11.8. The molecular weight excluding hydrogens is 208 g/mol. The molecule has 0 aromatic heterocycles. The van der Waals surface area contributed by atoms with Crippen molar-refractivity contribution in [1.29, 1.82) is 0 Å². The van der Waals surface area contributed by atoms with Gasteiger partial charge in [-0.1, -0.05) is 5.92 Å². The Hall–Kier alpha value is -2.28. The molecule has 0 radical (unpaired) electrons. The summed E-state index contributed by atoms with van der Waals surface area (Å²) in [5, 5.41) is 0. The summed E-state index contributed by atoms with van der Waals surface area (Å²) in [5.74, 6) is 2.03. The minimum absolute atomic E-state index is 0.269. The highest BCUT2D eigenvalue weighted by Gasteiger charge is 2.07. The monoisotopic (exact) mass is 218 g/mol. The van der Waals surface area contributed by atoms with E-state index in [0.717, 1.165) is 0 Å². The predicted molar refractivity (Wildman–Crippen MR) is 57.0 cm³/mol. The van der Waals surface area contributed by atoms with Crippen LogP contribution in [0.5, 0.6) is 11.5 Å². The number of hydrogen-bond acceptors (Lipinski definition) is 4. The Balaban J connectivity index is 3.02. The van der Waals surface area contributed by atoms with Crippen molar-refractivity contribution in [2.45, 2.75) is 13.8 Å². The summed E-state index contributed by atoms with van der Waals surface area (Å²) < 4.78 is 9.72. The molecule has 0 saturated heterocycles. The molecule has 16 heavy (non-hydrogen) atoms. The summed E-state index contributed by atoms with van der Waals surface area (Å²) in [6, 6.07) is 4.44. The van der Waals surface area contributed by atoms with Crippen molar-refractivity contribution in [3.8, 4) is 23.8 Å². The Kier molecular flexibility index (Phi) is 3.67. The van der Waals surface area contributed by atoms with Gasteiger partial charge in [0.05, 0.1) is 5.56 Å². The first-order valence-electron chi connectivity index (χ1n) is 4.50. The van der Waals surface area contributed by atoms with Gasteiger partial charge in [-0.25, -0.2) is 0 Å². The fourth-order valence-corrected chi connectivity index (χ4v) is 1.10. The summed E-state index contributed by atoms with van der Waals surface area (Å²) in [6.45, 7) is 2.57. The second-order valence-corrected chi connectivity index (χ2v) is 2.99. The molecule has 0 unspecified atom stereocenters. The normalized spacial score (nSPS) is 9.06. The highest BCUT2D eigenvalue weighted by molar-refractivity contribution is 5.72. The van der Waals surface area contributed by atoms with Crippen LogP contribution in [-0.2, 0) is 9.59 Å². The van der Waals surface area contributed by atoms with Gasteiger partial charge in [0, 0.05) is 19.9 Å². The largest absolute Gasteiger partial charge is 0.427 e. The van der Waals surface area contributed by atoms with Gasteiger partial charge < -0.3 is 9.47 Å². The van der Waals surface area contributed by atoms with Gasteiger partial charge in [-0.2, -0.15) is 0 Å². The van der Waals surface area contributed by atoms with Gasteiger partial charge in [0.1, 0.15) is 11.5 Å². The minimum Gasteiger partial charge on any atom is -0.427 e. The molecule has 0 aliphatic carbocycles.